The second-order valence-corrected chi connectivity index (χ2v) is 5.37. The molecule has 0 bridgehead atoms. The van der Waals surface area contributed by atoms with Crippen molar-refractivity contribution in [1.29, 1.82) is 0 Å². The molecule has 1 aliphatic rings. The number of nitrogens with zero attached hydrogens (tertiary/aromatic N) is 2. The van der Waals surface area contributed by atoms with Crippen molar-refractivity contribution in [3.8, 4) is 0 Å². The predicted molar refractivity (Wildman–Crippen MR) is 72.5 cm³/mol. The molecule has 0 saturated heterocycles. The van der Waals surface area contributed by atoms with Gasteiger partial charge >= 0.3 is 112 Å². The number of nitrogens with two attached hydrogens (primary N) is 1. The summed E-state index contributed by atoms with van der Waals surface area (Å²) in [5.74, 6) is -0.0142. The molecular weight excluding hydrogens is 295 g/mol. The van der Waals surface area contributed by atoms with E-state index in [0.29, 0.717) is 6.54 Å². The summed E-state index contributed by atoms with van der Waals surface area (Å²) in [6, 6.07) is 5.67. The monoisotopic (exact) mass is 312 g/mol. The van der Waals surface area contributed by atoms with Crippen LogP contribution in [0.4, 0.5) is 17.1 Å². The van der Waals surface area contributed by atoms with Crippen molar-refractivity contribution in [3.05, 3.63) is 18.2 Å². The normalized spacial score (nSPS) is 13.9. The number of amides is 1. The number of rotatable bonds is 5. The van der Waals surface area contributed by atoms with Crippen LogP contribution in [-0.4, -0.2) is 27.0 Å². The van der Waals surface area contributed by atoms with Crippen molar-refractivity contribution in [2.45, 2.75) is 19.8 Å². The van der Waals surface area contributed by atoms with Crippen LogP contribution >= 0.6 is 0 Å². The first-order valence-corrected chi connectivity index (χ1v) is 7.48. The third-order valence-corrected chi connectivity index (χ3v) is 3.97. The van der Waals surface area contributed by atoms with Crippen molar-refractivity contribution < 1.29 is 4.79 Å². The Kier molecular flexibility index (Phi) is 4.47. The van der Waals surface area contributed by atoms with Gasteiger partial charge < -0.3 is 0 Å². The molecule has 1 amide bonds. The van der Waals surface area contributed by atoms with Gasteiger partial charge in [0, 0.05) is 0 Å². The van der Waals surface area contributed by atoms with Crippen LogP contribution in [0.25, 0.3) is 0 Å². The first kappa shape index (κ1) is 13.2. The summed E-state index contributed by atoms with van der Waals surface area (Å²) >= 11 is -0.0751. The molecule has 0 fully saturated rings. The number of carbonyl (C=O) groups excluding carboxylic acids is 1. The third-order valence-electron chi connectivity index (χ3n) is 2.83. The first-order chi connectivity index (χ1) is 8.72. The molecule has 0 saturated carbocycles. The van der Waals surface area contributed by atoms with Crippen LogP contribution in [0.3, 0.4) is 0 Å². The average Bonchev–Trinajstić information content (AvgIpc) is 2.85. The Balaban J connectivity index is 2.04. The molecule has 0 spiro atoms. The molecule has 6 heteroatoms. The minimum atomic E-state index is -0.0751. The molecule has 0 aliphatic carbocycles. The minimum absolute atomic E-state index is 0.0199. The Morgan fingerprint density at radius 3 is 3.11 bits per heavy atom. The fraction of sp³-hybridized carbons (Fsp3) is 0.417. The van der Waals surface area contributed by atoms with E-state index in [9.17, 15) is 4.79 Å². The van der Waals surface area contributed by atoms with E-state index in [1.165, 1.54) is 0 Å². The standard InChI is InChI=1S/C12H16N4OSe/c1-8(4-3-7-13)12(17)14-9-5-2-6-10-11(9)16-18-15-10/h2,5-6,8H,3-4,7,13H2,1H3,(H,14,17). The van der Waals surface area contributed by atoms with Crippen molar-refractivity contribution in [2.24, 2.45) is 19.6 Å². The number of anilines is 1. The van der Waals surface area contributed by atoms with Crippen LogP contribution in [0.2, 0.25) is 0 Å². The zero-order valence-corrected chi connectivity index (χ0v) is 11.9. The van der Waals surface area contributed by atoms with Gasteiger partial charge in [0.15, 0.2) is 0 Å². The molecule has 96 valence electrons. The molecule has 18 heavy (non-hydrogen) atoms. The van der Waals surface area contributed by atoms with E-state index in [1.54, 1.807) is 0 Å². The Morgan fingerprint density at radius 2 is 2.33 bits per heavy atom. The average molecular weight is 311 g/mol. The summed E-state index contributed by atoms with van der Waals surface area (Å²) in [5.41, 5.74) is 7.90. The molecule has 5 nitrogen and oxygen atoms in total. The van der Waals surface area contributed by atoms with Gasteiger partial charge in [-0.25, -0.2) is 0 Å². The second-order valence-electron chi connectivity index (χ2n) is 4.26. The number of carbonyl (C=O) groups is 1. The van der Waals surface area contributed by atoms with Crippen molar-refractivity contribution >= 4 is 37.5 Å². The molecule has 1 unspecified atom stereocenters. The molecule has 0 radical (unpaired) electrons. The van der Waals surface area contributed by atoms with E-state index in [0.717, 1.165) is 29.9 Å². The van der Waals surface area contributed by atoms with Gasteiger partial charge in [-0.3, -0.25) is 0 Å². The molecule has 0 aromatic heterocycles. The molecule has 1 atom stereocenters. The van der Waals surface area contributed by atoms with E-state index in [1.807, 2.05) is 25.1 Å². The Morgan fingerprint density at radius 1 is 1.50 bits per heavy atom. The second kappa shape index (κ2) is 6.09. The molecule has 1 aliphatic heterocycles. The van der Waals surface area contributed by atoms with Crippen LogP contribution in [0.1, 0.15) is 19.8 Å². The molecular formula is C12H16N4OSe. The van der Waals surface area contributed by atoms with Gasteiger partial charge in [0.1, 0.15) is 0 Å². The SMILES string of the molecule is CC(CCCN)C(=O)Nc1cccc2c1N=[Se]=N2. The van der Waals surface area contributed by atoms with Gasteiger partial charge in [0.05, 0.1) is 0 Å². The van der Waals surface area contributed by atoms with Crippen molar-refractivity contribution in [1.82, 2.24) is 0 Å². The van der Waals surface area contributed by atoms with Crippen molar-refractivity contribution in [2.75, 3.05) is 11.9 Å². The number of hydrogen-bond donors (Lipinski definition) is 2. The summed E-state index contributed by atoms with van der Waals surface area (Å²) in [6.07, 6.45) is 1.67. The van der Waals surface area contributed by atoms with Gasteiger partial charge in [-0.05, 0) is 0 Å². The van der Waals surface area contributed by atoms with Crippen LogP contribution in [0.15, 0.2) is 26.1 Å². The van der Waals surface area contributed by atoms with E-state index >= 15 is 0 Å². The fourth-order valence-electron chi connectivity index (χ4n) is 1.72. The van der Waals surface area contributed by atoms with Crippen LogP contribution in [-0.2, 0) is 4.79 Å². The number of hydrogen-bond acceptors (Lipinski definition) is 4. The Hall–Kier alpha value is -1.23. The zero-order valence-electron chi connectivity index (χ0n) is 10.2. The summed E-state index contributed by atoms with van der Waals surface area (Å²) in [4.78, 5) is 12.0. The molecule has 1 heterocycles. The zero-order chi connectivity index (χ0) is 13.0. The Labute approximate surface area is 112 Å². The Bertz CT molecular complexity index is 523. The maximum absolute atomic E-state index is 12.0. The fourth-order valence-corrected chi connectivity index (χ4v) is 2.87. The molecule has 3 N–H and O–H groups in total. The third kappa shape index (κ3) is 2.96. The van der Waals surface area contributed by atoms with Gasteiger partial charge in [0.25, 0.3) is 0 Å². The predicted octanol–water partition coefficient (Wildman–Crippen LogP) is 2.35. The van der Waals surface area contributed by atoms with E-state index < -0.39 is 0 Å². The van der Waals surface area contributed by atoms with Crippen LogP contribution < -0.4 is 11.1 Å². The number of benzene rings is 1. The summed E-state index contributed by atoms with van der Waals surface area (Å²) in [5, 5.41) is 2.93. The number of nitrogens with one attached hydrogen (secondary N) is 1. The molecule has 1 aromatic carbocycles. The quantitative estimate of drug-likeness (QED) is 0.831. The maximum atomic E-state index is 12.0. The van der Waals surface area contributed by atoms with Crippen molar-refractivity contribution in [3.63, 3.8) is 0 Å². The summed E-state index contributed by atoms with van der Waals surface area (Å²) in [6.45, 7) is 2.54. The van der Waals surface area contributed by atoms with Gasteiger partial charge in [-0.2, -0.15) is 0 Å². The number of fused-ring (bicyclic) bond motifs is 1. The van der Waals surface area contributed by atoms with E-state index in [-0.39, 0.29) is 26.4 Å². The van der Waals surface area contributed by atoms with E-state index in [4.69, 9.17) is 5.73 Å². The van der Waals surface area contributed by atoms with Crippen LogP contribution in [0, 0.1) is 5.92 Å². The summed E-state index contributed by atoms with van der Waals surface area (Å²) in [7, 11) is 0. The van der Waals surface area contributed by atoms with Gasteiger partial charge in [-0.15, -0.1) is 0 Å². The first-order valence-electron chi connectivity index (χ1n) is 5.94. The van der Waals surface area contributed by atoms with Gasteiger partial charge in [-0.1, -0.05) is 0 Å². The van der Waals surface area contributed by atoms with Gasteiger partial charge in [0.2, 0.25) is 0 Å². The molecule has 2 rings (SSSR count). The van der Waals surface area contributed by atoms with E-state index in [2.05, 4.69) is 13.2 Å². The summed E-state index contributed by atoms with van der Waals surface area (Å²) < 4.78 is 8.62. The molecule has 1 aromatic rings. The topological polar surface area (TPSA) is 79.8 Å². The van der Waals surface area contributed by atoms with Crippen LogP contribution in [0.5, 0.6) is 0 Å².